The Kier molecular flexibility index (Phi) is 5.97. The fourth-order valence-electron chi connectivity index (χ4n) is 2.88. The van der Waals surface area contributed by atoms with Crippen molar-refractivity contribution >= 4 is 29.6 Å². The van der Waals surface area contributed by atoms with Gasteiger partial charge < -0.3 is 9.47 Å². The molecule has 4 amide bonds. The van der Waals surface area contributed by atoms with E-state index in [4.69, 9.17) is 9.47 Å². The number of carbonyl (C=O) groups is 3. The van der Waals surface area contributed by atoms with Crippen LogP contribution in [0.5, 0.6) is 11.5 Å². The molecule has 0 aliphatic carbocycles. The summed E-state index contributed by atoms with van der Waals surface area (Å²) in [5.74, 6) is -0.396. The molecule has 29 heavy (non-hydrogen) atoms. The summed E-state index contributed by atoms with van der Waals surface area (Å²) in [4.78, 5) is 38.6. The number of hydrogen-bond acceptors (Lipinski definition) is 5. The first kappa shape index (κ1) is 20.1. The van der Waals surface area contributed by atoms with Gasteiger partial charge in [0.15, 0.2) is 0 Å². The van der Waals surface area contributed by atoms with E-state index in [1.807, 2.05) is 13.8 Å². The number of imide groups is 2. The van der Waals surface area contributed by atoms with Crippen LogP contribution < -0.4 is 19.7 Å². The van der Waals surface area contributed by atoms with E-state index in [1.54, 1.807) is 55.5 Å². The second-order valence-corrected chi connectivity index (χ2v) is 6.59. The Bertz CT molecular complexity index is 963. The lowest BCUT2D eigenvalue weighted by Gasteiger charge is -2.27. The fourth-order valence-corrected chi connectivity index (χ4v) is 2.88. The van der Waals surface area contributed by atoms with Crippen LogP contribution in [0.15, 0.2) is 54.1 Å². The van der Waals surface area contributed by atoms with Gasteiger partial charge in [-0.2, -0.15) is 0 Å². The van der Waals surface area contributed by atoms with Crippen molar-refractivity contribution in [1.82, 2.24) is 5.32 Å². The number of urea groups is 1. The number of para-hydroxylation sites is 2. The molecule has 1 heterocycles. The molecule has 1 aliphatic heterocycles. The Labute approximate surface area is 168 Å². The number of benzene rings is 2. The minimum absolute atomic E-state index is 0.0369. The molecule has 1 N–H and O–H groups in total. The van der Waals surface area contributed by atoms with Gasteiger partial charge in [0, 0.05) is 0 Å². The Morgan fingerprint density at radius 1 is 1.03 bits per heavy atom. The van der Waals surface area contributed by atoms with Crippen molar-refractivity contribution in [2.24, 2.45) is 0 Å². The molecular formula is C22H22N2O5. The summed E-state index contributed by atoms with van der Waals surface area (Å²) in [6.07, 6.45) is 1.48. The molecule has 3 rings (SSSR count). The molecule has 7 nitrogen and oxygen atoms in total. The molecule has 2 aromatic carbocycles. The Hall–Kier alpha value is -3.61. The summed E-state index contributed by atoms with van der Waals surface area (Å²) < 4.78 is 11.1. The van der Waals surface area contributed by atoms with Gasteiger partial charge >= 0.3 is 6.03 Å². The number of barbiturate groups is 1. The summed E-state index contributed by atoms with van der Waals surface area (Å²) in [6, 6.07) is 12.8. The largest absolute Gasteiger partial charge is 0.492 e. The van der Waals surface area contributed by atoms with Gasteiger partial charge in [-0.1, -0.05) is 24.3 Å². The van der Waals surface area contributed by atoms with Gasteiger partial charge in [0.05, 0.1) is 18.4 Å². The van der Waals surface area contributed by atoms with E-state index in [2.05, 4.69) is 5.32 Å². The monoisotopic (exact) mass is 394 g/mol. The smallest absolute Gasteiger partial charge is 0.336 e. The highest BCUT2D eigenvalue weighted by Gasteiger charge is 2.38. The van der Waals surface area contributed by atoms with Crippen LogP contribution in [0.4, 0.5) is 10.5 Å². The van der Waals surface area contributed by atoms with Crippen LogP contribution in [0, 0.1) is 0 Å². The molecule has 1 fully saturated rings. The molecule has 0 aromatic heterocycles. The van der Waals surface area contributed by atoms with Crippen molar-refractivity contribution in [1.29, 1.82) is 0 Å². The first-order chi connectivity index (χ1) is 13.9. The quantitative estimate of drug-likeness (QED) is 0.598. The normalized spacial score (nSPS) is 15.7. The number of nitrogens with one attached hydrogen (secondary N) is 1. The van der Waals surface area contributed by atoms with Crippen LogP contribution in [0.25, 0.3) is 6.08 Å². The van der Waals surface area contributed by atoms with Crippen molar-refractivity contribution in [3.8, 4) is 11.5 Å². The van der Waals surface area contributed by atoms with Gasteiger partial charge in [0.1, 0.15) is 17.1 Å². The zero-order valence-corrected chi connectivity index (χ0v) is 16.5. The highest BCUT2D eigenvalue weighted by atomic mass is 16.5. The number of anilines is 1. The van der Waals surface area contributed by atoms with Gasteiger partial charge in [0.25, 0.3) is 11.8 Å². The molecule has 0 radical (unpaired) electrons. The first-order valence-electron chi connectivity index (χ1n) is 9.30. The zero-order valence-electron chi connectivity index (χ0n) is 16.5. The molecule has 1 aliphatic rings. The van der Waals surface area contributed by atoms with Gasteiger partial charge in [-0.25, -0.2) is 9.69 Å². The van der Waals surface area contributed by atoms with Crippen LogP contribution in [0.2, 0.25) is 0 Å². The number of nitrogens with zero attached hydrogens (tertiary/aromatic N) is 1. The van der Waals surface area contributed by atoms with Crippen molar-refractivity contribution < 1.29 is 23.9 Å². The lowest BCUT2D eigenvalue weighted by atomic mass is 10.1. The van der Waals surface area contributed by atoms with Crippen LogP contribution in [-0.4, -0.2) is 30.6 Å². The third-order valence-corrected chi connectivity index (χ3v) is 4.07. The summed E-state index contributed by atoms with van der Waals surface area (Å²) in [6.45, 7) is 6.02. The average Bonchev–Trinajstić information content (AvgIpc) is 2.67. The van der Waals surface area contributed by atoms with Gasteiger partial charge in [-0.15, -0.1) is 0 Å². The van der Waals surface area contributed by atoms with Crippen LogP contribution in [0.3, 0.4) is 0 Å². The number of ether oxygens (including phenoxy) is 2. The Balaban J connectivity index is 1.94. The predicted molar refractivity (Wildman–Crippen MR) is 109 cm³/mol. The summed E-state index contributed by atoms with van der Waals surface area (Å²) >= 11 is 0. The SMILES string of the molecule is CCOc1ccccc1N1C(=O)NC(=O)/C(=C\c2ccc(OC(C)C)cc2)C1=O. The summed E-state index contributed by atoms with van der Waals surface area (Å²) in [7, 11) is 0. The molecule has 150 valence electrons. The second-order valence-electron chi connectivity index (χ2n) is 6.59. The molecule has 0 saturated carbocycles. The van der Waals surface area contributed by atoms with Crippen molar-refractivity contribution in [3.05, 3.63) is 59.7 Å². The molecule has 1 saturated heterocycles. The lowest BCUT2D eigenvalue weighted by Crippen LogP contribution is -2.54. The third kappa shape index (κ3) is 4.45. The average molecular weight is 394 g/mol. The molecule has 0 unspecified atom stereocenters. The highest BCUT2D eigenvalue weighted by molar-refractivity contribution is 6.39. The molecule has 2 aromatic rings. The van der Waals surface area contributed by atoms with Crippen LogP contribution >= 0.6 is 0 Å². The lowest BCUT2D eigenvalue weighted by molar-refractivity contribution is -0.122. The van der Waals surface area contributed by atoms with E-state index < -0.39 is 17.8 Å². The van der Waals surface area contributed by atoms with E-state index in [0.29, 0.717) is 23.7 Å². The minimum Gasteiger partial charge on any atom is -0.492 e. The zero-order chi connectivity index (χ0) is 21.0. The van der Waals surface area contributed by atoms with Crippen molar-refractivity contribution in [2.45, 2.75) is 26.9 Å². The van der Waals surface area contributed by atoms with E-state index in [-0.39, 0.29) is 17.4 Å². The van der Waals surface area contributed by atoms with E-state index in [0.717, 1.165) is 4.90 Å². The molecule has 0 spiro atoms. The van der Waals surface area contributed by atoms with Gasteiger partial charge in [-0.05, 0) is 56.7 Å². The standard InChI is InChI=1S/C22H22N2O5/c1-4-28-19-8-6-5-7-18(19)24-21(26)17(20(25)23-22(24)27)13-15-9-11-16(12-10-15)29-14(2)3/h5-14H,4H2,1-3H3,(H,23,25,27)/b17-13+. The molecular weight excluding hydrogens is 372 g/mol. The maximum absolute atomic E-state index is 13.0. The fraction of sp³-hybridized carbons (Fsp3) is 0.227. The Morgan fingerprint density at radius 2 is 1.72 bits per heavy atom. The van der Waals surface area contributed by atoms with Crippen LogP contribution in [-0.2, 0) is 9.59 Å². The molecule has 0 atom stereocenters. The predicted octanol–water partition coefficient (Wildman–Crippen LogP) is 3.54. The summed E-state index contributed by atoms with van der Waals surface area (Å²) in [5, 5.41) is 2.21. The number of carbonyl (C=O) groups excluding carboxylic acids is 3. The highest BCUT2D eigenvalue weighted by Crippen LogP contribution is 2.31. The van der Waals surface area contributed by atoms with Crippen molar-refractivity contribution in [3.63, 3.8) is 0 Å². The first-order valence-corrected chi connectivity index (χ1v) is 9.30. The number of hydrogen-bond donors (Lipinski definition) is 1. The molecule has 7 heteroatoms. The molecule has 0 bridgehead atoms. The number of amides is 4. The van der Waals surface area contributed by atoms with E-state index >= 15 is 0 Å². The summed E-state index contributed by atoms with van der Waals surface area (Å²) in [5.41, 5.74) is 0.761. The Morgan fingerprint density at radius 3 is 2.38 bits per heavy atom. The van der Waals surface area contributed by atoms with Crippen molar-refractivity contribution in [2.75, 3.05) is 11.5 Å². The van der Waals surface area contributed by atoms with Gasteiger partial charge in [-0.3, -0.25) is 14.9 Å². The maximum Gasteiger partial charge on any atom is 0.336 e. The second kappa shape index (κ2) is 8.60. The maximum atomic E-state index is 13.0. The van der Waals surface area contributed by atoms with E-state index in [9.17, 15) is 14.4 Å². The topological polar surface area (TPSA) is 84.9 Å². The van der Waals surface area contributed by atoms with E-state index in [1.165, 1.54) is 6.08 Å². The van der Waals surface area contributed by atoms with Gasteiger partial charge in [0.2, 0.25) is 0 Å². The third-order valence-electron chi connectivity index (χ3n) is 4.07. The van der Waals surface area contributed by atoms with Crippen LogP contribution in [0.1, 0.15) is 26.3 Å². The minimum atomic E-state index is -0.815. The number of rotatable bonds is 6.